The molecule has 5 rings (SSSR count). The Morgan fingerprint density at radius 1 is 1.02 bits per heavy atom. The zero-order valence-corrected chi connectivity index (χ0v) is 21.2. The van der Waals surface area contributed by atoms with Crippen molar-refractivity contribution in [2.45, 2.75) is 25.6 Å². The van der Waals surface area contributed by atoms with Crippen LogP contribution in [0.15, 0.2) is 60.3 Å². The van der Waals surface area contributed by atoms with E-state index in [-0.39, 0.29) is 41.8 Å². The van der Waals surface area contributed by atoms with E-state index in [1.165, 1.54) is 18.3 Å². The van der Waals surface area contributed by atoms with Gasteiger partial charge in [-0.05, 0) is 66.9 Å². The fraction of sp³-hybridized carbons (Fsp3) is 0.214. The molecular weight excluding hydrogens is 545 g/mol. The first-order valence-electron chi connectivity index (χ1n) is 12.4. The van der Waals surface area contributed by atoms with E-state index >= 15 is 0 Å². The molecule has 1 aliphatic carbocycles. The van der Waals surface area contributed by atoms with Gasteiger partial charge in [-0.25, -0.2) is 9.78 Å². The van der Waals surface area contributed by atoms with Crippen LogP contribution >= 0.6 is 0 Å². The summed E-state index contributed by atoms with van der Waals surface area (Å²) in [4.78, 5) is 39.9. The molecule has 3 aromatic rings. The Balaban J connectivity index is 1.31. The Bertz CT molecular complexity index is 1550. The summed E-state index contributed by atoms with van der Waals surface area (Å²) in [6.45, 7) is -0.504. The van der Waals surface area contributed by atoms with Crippen molar-refractivity contribution < 1.29 is 42.1 Å². The molecule has 13 heteroatoms. The minimum Gasteiger partial charge on any atom is -0.488 e. The summed E-state index contributed by atoms with van der Waals surface area (Å²) in [5.74, 6) is 0.896. The number of benzene rings is 2. The van der Waals surface area contributed by atoms with Crippen LogP contribution in [0.5, 0.6) is 17.2 Å². The summed E-state index contributed by atoms with van der Waals surface area (Å²) in [5, 5.41) is 16.0. The second-order valence-corrected chi connectivity index (χ2v) is 9.43. The molecule has 3 amide bonds. The third-order valence-corrected chi connectivity index (χ3v) is 6.17. The van der Waals surface area contributed by atoms with Crippen LogP contribution in [0.1, 0.15) is 29.5 Å². The molecule has 0 radical (unpaired) electrons. The van der Waals surface area contributed by atoms with Crippen LogP contribution in [0, 0.1) is 5.92 Å². The van der Waals surface area contributed by atoms with Gasteiger partial charge in [0.05, 0.1) is 11.1 Å². The van der Waals surface area contributed by atoms with Crippen LogP contribution in [0.25, 0.3) is 6.08 Å². The molecule has 0 spiro atoms. The van der Waals surface area contributed by atoms with Crippen LogP contribution in [-0.4, -0.2) is 34.6 Å². The van der Waals surface area contributed by atoms with Gasteiger partial charge in [-0.15, -0.1) is 0 Å². The van der Waals surface area contributed by atoms with Gasteiger partial charge in [0.1, 0.15) is 29.7 Å². The Kier molecular flexibility index (Phi) is 7.51. The monoisotopic (exact) mass is 568 g/mol. The number of hydrogen-bond donors (Lipinski definition) is 4. The topological polar surface area (TPSA) is 139 Å². The number of carbonyl (C=O) groups is 3. The van der Waals surface area contributed by atoms with Crippen molar-refractivity contribution in [3.63, 3.8) is 0 Å². The molecule has 4 N–H and O–H groups in total. The van der Waals surface area contributed by atoms with E-state index in [0.29, 0.717) is 28.6 Å². The first-order valence-corrected chi connectivity index (χ1v) is 12.4. The van der Waals surface area contributed by atoms with Gasteiger partial charge in [-0.1, -0.05) is 0 Å². The van der Waals surface area contributed by atoms with Crippen molar-refractivity contribution >= 4 is 35.5 Å². The first kappa shape index (κ1) is 27.5. The Morgan fingerprint density at radius 2 is 1.80 bits per heavy atom. The number of anilines is 2. The van der Waals surface area contributed by atoms with Crippen molar-refractivity contribution in [1.29, 1.82) is 0 Å². The first-order chi connectivity index (χ1) is 19.5. The fourth-order valence-corrected chi connectivity index (χ4v) is 4.02. The van der Waals surface area contributed by atoms with E-state index in [4.69, 9.17) is 14.6 Å². The summed E-state index contributed by atoms with van der Waals surface area (Å²) >= 11 is 0. The number of ether oxygens (including phenoxy) is 2. The maximum Gasteiger partial charge on any atom is 0.416 e. The molecule has 1 aromatic heterocycles. The van der Waals surface area contributed by atoms with Crippen molar-refractivity contribution in [2.24, 2.45) is 5.92 Å². The lowest BCUT2D eigenvalue weighted by atomic mass is 10.1. The highest BCUT2D eigenvalue weighted by molar-refractivity contribution is 6.07. The quantitative estimate of drug-likeness (QED) is 0.285. The van der Waals surface area contributed by atoms with Crippen molar-refractivity contribution in [3.8, 4) is 17.2 Å². The Hall–Kier alpha value is -5.07. The molecule has 1 fully saturated rings. The summed E-state index contributed by atoms with van der Waals surface area (Å²) in [6.07, 6.45) is -1.35. The normalized spacial score (nSPS) is 14.2. The van der Waals surface area contributed by atoms with Gasteiger partial charge in [-0.3, -0.25) is 9.59 Å². The van der Waals surface area contributed by atoms with Gasteiger partial charge >= 0.3 is 12.3 Å². The predicted octanol–water partition coefficient (Wildman–Crippen LogP) is 5.42. The number of rotatable bonds is 8. The van der Waals surface area contributed by atoms with Gasteiger partial charge < -0.3 is 30.5 Å². The zero-order valence-electron chi connectivity index (χ0n) is 21.2. The van der Waals surface area contributed by atoms with E-state index in [9.17, 15) is 27.6 Å². The zero-order chi connectivity index (χ0) is 29.1. The number of pyridine rings is 1. The summed E-state index contributed by atoms with van der Waals surface area (Å²) in [7, 11) is 0. The van der Waals surface area contributed by atoms with E-state index < -0.39 is 23.7 Å². The summed E-state index contributed by atoms with van der Waals surface area (Å²) in [5.41, 5.74) is -0.523. The van der Waals surface area contributed by atoms with Crippen LogP contribution in [-0.2, 0) is 22.3 Å². The highest BCUT2D eigenvalue weighted by Crippen LogP contribution is 2.35. The molecule has 41 heavy (non-hydrogen) atoms. The largest absolute Gasteiger partial charge is 0.488 e. The summed E-state index contributed by atoms with van der Waals surface area (Å²) in [6, 6.07) is 11.0. The maximum atomic E-state index is 13.4. The second-order valence-electron chi connectivity index (χ2n) is 9.43. The minimum absolute atomic E-state index is 0.0183. The molecule has 10 nitrogen and oxygen atoms in total. The molecular formula is C28H23F3N4O6. The average molecular weight is 569 g/mol. The minimum atomic E-state index is -4.71. The standard InChI is InChI=1S/C28H23F3N4O6/c29-28(30,31)19-7-15(13-33-27(38)39)8-20(11-19)34-26(37)18-9-17-10-21(3-4-23(17)40-14-18)41-22-5-6-32-24(12-22)35-25(36)16-1-2-16/h3-12,16,33H,1-2,13-14H2,(H,34,37)(H,38,39)(H,32,35,36). The van der Waals surface area contributed by atoms with E-state index in [0.717, 1.165) is 25.0 Å². The highest BCUT2D eigenvalue weighted by atomic mass is 19.4. The van der Waals surface area contributed by atoms with Gasteiger partial charge in [0.2, 0.25) is 5.91 Å². The summed E-state index contributed by atoms with van der Waals surface area (Å²) < 4.78 is 51.7. The van der Waals surface area contributed by atoms with Crippen LogP contribution < -0.4 is 25.4 Å². The SMILES string of the molecule is O=C(O)NCc1cc(NC(=O)C2=Cc3cc(Oc4ccnc(NC(=O)C5CC5)c4)ccc3OC2)cc(C(F)(F)F)c1. The third-order valence-electron chi connectivity index (χ3n) is 6.17. The average Bonchev–Trinajstić information content (AvgIpc) is 3.77. The highest BCUT2D eigenvalue weighted by Gasteiger charge is 2.32. The molecule has 1 saturated carbocycles. The smallest absolute Gasteiger partial charge is 0.416 e. The van der Waals surface area contributed by atoms with E-state index in [1.807, 2.05) is 5.32 Å². The number of nitrogens with one attached hydrogen (secondary N) is 3. The molecule has 0 atom stereocenters. The second kappa shape index (κ2) is 11.2. The van der Waals surface area contributed by atoms with Crippen molar-refractivity contribution in [3.05, 3.63) is 77.0 Å². The van der Waals surface area contributed by atoms with E-state index in [1.54, 1.807) is 30.3 Å². The number of carboxylic acid groups (broad SMARTS) is 1. The molecule has 1 aliphatic heterocycles. The van der Waals surface area contributed by atoms with Gasteiger partial charge in [0.25, 0.3) is 5.91 Å². The molecule has 212 valence electrons. The Morgan fingerprint density at radius 3 is 2.54 bits per heavy atom. The lowest BCUT2D eigenvalue weighted by molar-refractivity contribution is -0.137. The van der Waals surface area contributed by atoms with Crippen molar-refractivity contribution in [2.75, 3.05) is 17.2 Å². The molecule has 2 heterocycles. The number of alkyl halides is 3. The van der Waals surface area contributed by atoms with Crippen LogP contribution in [0.3, 0.4) is 0 Å². The predicted molar refractivity (Wildman–Crippen MR) is 141 cm³/mol. The van der Waals surface area contributed by atoms with Crippen LogP contribution in [0.2, 0.25) is 0 Å². The number of carbonyl (C=O) groups excluding carboxylic acids is 2. The molecule has 2 aliphatic rings. The van der Waals surface area contributed by atoms with Gasteiger partial charge in [0.15, 0.2) is 0 Å². The number of halogens is 3. The van der Waals surface area contributed by atoms with Crippen LogP contribution in [0.4, 0.5) is 29.5 Å². The van der Waals surface area contributed by atoms with E-state index in [2.05, 4.69) is 15.6 Å². The number of nitrogens with zero attached hydrogens (tertiary/aromatic N) is 1. The number of fused-ring (bicyclic) bond motifs is 1. The molecule has 0 bridgehead atoms. The van der Waals surface area contributed by atoms with Crippen molar-refractivity contribution in [1.82, 2.24) is 10.3 Å². The number of aromatic nitrogens is 1. The van der Waals surface area contributed by atoms with Gasteiger partial charge in [-0.2, -0.15) is 13.2 Å². The molecule has 0 unspecified atom stereocenters. The van der Waals surface area contributed by atoms with Gasteiger partial charge in [0, 0.05) is 36.0 Å². The lowest BCUT2D eigenvalue weighted by Gasteiger charge is -2.19. The third kappa shape index (κ3) is 7.12. The molecule has 2 aromatic carbocycles. The number of hydrogen-bond acceptors (Lipinski definition) is 6. The maximum absolute atomic E-state index is 13.4. The molecule has 0 saturated heterocycles. The lowest BCUT2D eigenvalue weighted by Crippen LogP contribution is -2.23. The fourth-order valence-electron chi connectivity index (χ4n) is 4.02. The Labute approximate surface area is 231 Å². The number of amides is 3.